The second kappa shape index (κ2) is 6.13. The lowest BCUT2D eigenvalue weighted by atomic mass is 10.3. The van der Waals surface area contributed by atoms with Crippen molar-refractivity contribution in [1.82, 2.24) is 0 Å². The van der Waals surface area contributed by atoms with E-state index in [9.17, 15) is 0 Å². The molecule has 1 aliphatic heterocycles. The molecule has 1 heterocycles. The van der Waals surface area contributed by atoms with Crippen LogP contribution < -0.4 is 0 Å². The van der Waals surface area contributed by atoms with Crippen molar-refractivity contribution >= 4 is 0 Å². The predicted octanol–water partition coefficient (Wildman–Crippen LogP) is 1.98. The fourth-order valence-electron chi connectivity index (χ4n) is 0.902. The van der Waals surface area contributed by atoms with Crippen molar-refractivity contribution < 1.29 is 14.2 Å². The summed E-state index contributed by atoms with van der Waals surface area (Å²) in [6.45, 7) is 11.2. The molecule has 0 N–H and O–H groups in total. The normalized spacial score (nSPS) is 19.1. The maximum Gasteiger partial charge on any atom is 0.189 e. The Bertz CT molecular complexity index is 144. The fraction of sp³-hybridized carbons (Fsp3) is 0.800. The van der Waals surface area contributed by atoms with Gasteiger partial charge in [-0.05, 0) is 20.8 Å². The Kier molecular flexibility index (Phi) is 5.95. The SMILES string of the molecule is C=C(C)C.COCC1(C)OCCO1. The fourth-order valence-corrected chi connectivity index (χ4v) is 0.902. The molecule has 78 valence electrons. The molecule has 13 heavy (non-hydrogen) atoms. The molecule has 1 saturated heterocycles. The molecule has 1 fully saturated rings. The van der Waals surface area contributed by atoms with E-state index in [0.29, 0.717) is 19.8 Å². The first-order valence-corrected chi connectivity index (χ1v) is 4.39. The van der Waals surface area contributed by atoms with E-state index in [1.54, 1.807) is 7.11 Å². The standard InChI is InChI=1S/C6H12O3.C4H8/c1-6(5-7-2)8-3-4-9-6;1-4(2)3/h3-5H2,1-2H3;1H2,2-3H3. The third kappa shape index (κ3) is 6.75. The molecule has 0 radical (unpaired) electrons. The number of methoxy groups -OCH3 is 1. The van der Waals surface area contributed by atoms with E-state index in [0.717, 1.165) is 0 Å². The highest BCUT2D eigenvalue weighted by Crippen LogP contribution is 2.17. The molecule has 3 heteroatoms. The lowest BCUT2D eigenvalue weighted by Crippen LogP contribution is -2.31. The van der Waals surface area contributed by atoms with Gasteiger partial charge in [0, 0.05) is 7.11 Å². The molecule has 0 bridgehead atoms. The Balaban J connectivity index is 0.000000310. The molecule has 0 aromatic carbocycles. The van der Waals surface area contributed by atoms with Gasteiger partial charge in [0.2, 0.25) is 0 Å². The van der Waals surface area contributed by atoms with Crippen LogP contribution >= 0.6 is 0 Å². The van der Waals surface area contributed by atoms with Gasteiger partial charge in [-0.25, -0.2) is 0 Å². The summed E-state index contributed by atoms with van der Waals surface area (Å²) in [6, 6.07) is 0. The minimum Gasteiger partial charge on any atom is -0.379 e. The quantitative estimate of drug-likeness (QED) is 0.620. The van der Waals surface area contributed by atoms with Gasteiger partial charge in [-0.2, -0.15) is 0 Å². The van der Waals surface area contributed by atoms with Crippen molar-refractivity contribution in [3.63, 3.8) is 0 Å². The largest absolute Gasteiger partial charge is 0.379 e. The average Bonchev–Trinajstić information content (AvgIpc) is 2.35. The van der Waals surface area contributed by atoms with Gasteiger partial charge in [-0.3, -0.25) is 0 Å². The van der Waals surface area contributed by atoms with Crippen molar-refractivity contribution in [1.29, 1.82) is 0 Å². The summed E-state index contributed by atoms with van der Waals surface area (Å²) in [5.74, 6) is -0.477. The van der Waals surface area contributed by atoms with Gasteiger partial charge in [-0.15, -0.1) is 6.58 Å². The Hall–Kier alpha value is -0.380. The lowest BCUT2D eigenvalue weighted by molar-refractivity contribution is -0.174. The maximum atomic E-state index is 5.23. The van der Waals surface area contributed by atoms with E-state index >= 15 is 0 Å². The van der Waals surface area contributed by atoms with E-state index in [1.165, 1.54) is 5.57 Å². The number of hydrogen-bond acceptors (Lipinski definition) is 3. The van der Waals surface area contributed by atoms with Gasteiger partial charge in [0.15, 0.2) is 5.79 Å². The minimum atomic E-state index is -0.477. The Morgan fingerprint density at radius 2 is 1.77 bits per heavy atom. The third-order valence-electron chi connectivity index (χ3n) is 1.30. The zero-order chi connectivity index (χ0) is 10.3. The van der Waals surface area contributed by atoms with Crippen LogP contribution in [0.15, 0.2) is 12.2 Å². The highest BCUT2D eigenvalue weighted by Gasteiger charge is 2.30. The summed E-state index contributed by atoms with van der Waals surface area (Å²) in [7, 11) is 1.64. The molecule has 1 aliphatic rings. The summed E-state index contributed by atoms with van der Waals surface area (Å²) >= 11 is 0. The van der Waals surface area contributed by atoms with Crippen LogP contribution in [0.25, 0.3) is 0 Å². The zero-order valence-corrected chi connectivity index (χ0v) is 9.05. The zero-order valence-electron chi connectivity index (χ0n) is 9.05. The van der Waals surface area contributed by atoms with Crippen molar-refractivity contribution in [2.75, 3.05) is 26.9 Å². The first-order chi connectivity index (χ1) is 6.00. The van der Waals surface area contributed by atoms with Crippen LogP contribution in [0.2, 0.25) is 0 Å². The van der Waals surface area contributed by atoms with Crippen LogP contribution in [0.4, 0.5) is 0 Å². The molecular formula is C10H20O3. The van der Waals surface area contributed by atoms with Gasteiger partial charge in [0.05, 0.1) is 19.8 Å². The second-order valence-corrected chi connectivity index (χ2v) is 3.47. The van der Waals surface area contributed by atoms with Gasteiger partial charge in [-0.1, -0.05) is 5.57 Å². The molecule has 0 aromatic heterocycles. The predicted molar refractivity (Wildman–Crippen MR) is 52.7 cm³/mol. The molecular weight excluding hydrogens is 168 g/mol. The van der Waals surface area contributed by atoms with Gasteiger partial charge in [0.1, 0.15) is 0 Å². The summed E-state index contributed by atoms with van der Waals surface area (Å²) in [6.07, 6.45) is 0. The van der Waals surface area contributed by atoms with Crippen molar-refractivity contribution in [3.05, 3.63) is 12.2 Å². The van der Waals surface area contributed by atoms with Crippen molar-refractivity contribution in [3.8, 4) is 0 Å². The molecule has 0 atom stereocenters. The van der Waals surface area contributed by atoms with E-state index in [2.05, 4.69) is 6.58 Å². The van der Waals surface area contributed by atoms with Crippen molar-refractivity contribution in [2.24, 2.45) is 0 Å². The van der Waals surface area contributed by atoms with E-state index < -0.39 is 5.79 Å². The minimum absolute atomic E-state index is 0.477. The van der Waals surface area contributed by atoms with Crippen LogP contribution in [-0.4, -0.2) is 32.7 Å². The molecule has 0 saturated carbocycles. The molecule has 3 nitrogen and oxygen atoms in total. The molecule has 0 aliphatic carbocycles. The van der Waals surface area contributed by atoms with Crippen LogP contribution in [0.3, 0.4) is 0 Å². The van der Waals surface area contributed by atoms with Gasteiger partial charge >= 0.3 is 0 Å². The monoisotopic (exact) mass is 188 g/mol. The van der Waals surface area contributed by atoms with Crippen LogP contribution in [0, 0.1) is 0 Å². The molecule has 0 aromatic rings. The number of allylic oxidation sites excluding steroid dienone is 1. The van der Waals surface area contributed by atoms with E-state index in [4.69, 9.17) is 14.2 Å². The van der Waals surface area contributed by atoms with E-state index in [-0.39, 0.29) is 0 Å². The Labute approximate surface area is 80.7 Å². The van der Waals surface area contributed by atoms with Crippen LogP contribution in [0.5, 0.6) is 0 Å². The molecule has 0 amide bonds. The second-order valence-electron chi connectivity index (χ2n) is 3.47. The van der Waals surface area contributed by atoms with Crippen LogP contribution in [0.1, 0.15) is 20.8 Å². The van der Waals surface area contributed by atoms with Crippen LogP contribution in [-0.2, 0) is 14.2 Å². The lowest BCUT2D eigenvalue weighted by Gasteiger charge is -2.20. The summed E-state index contributed by atoms with van der Waals surface area (Å²) in [5, 5.41) is 0. The summed E-state index contributed by atoms with van der Waals surface area (Å²) < 4.78 is 15.3. The molecule has 0 unspecified atom stereocenters. The first-order valence-electron chi connectivity index (χ1n) is 4.39. The molecule has 1 rings (SSSR count). The highest BCUT2D eigenvalue weighted by molar-refractivity contribution is 4.78. The summed E-state index contributed by atoms with van der Waals surface area (Å²) in [4.78, 5) is 0. The van der Waals surface area contributed by atoms with Gasteiger partial charge < -0.3 is 14.2 Å². The maximum absolute atomic E-state index is 5.23. The summed E-state index contributed by atoms with van der Waals surface area (Å²) in [5.41, 5.74) is 1.17. The molecule has 0 spiro atoms. The Morgan fingerprint density at radius 3 is 2.08 bits per heavy atom. The number of ether oxygens (including phenoxy) is 3. The van der Waals surface area contributed by atoms with Crippen molar-refractivity contribution in [2.45, 2.75) is 26.6 Å². The Morgan fingerprint density at radius 1 is 1.38 bits per heavy atom. The number of rotatable bonds is 2. The topological polar surface area (TPSA) is 27.7 Å². The van der Waals surface area contributed by atoms with E-state index in [1.807, 2.05) is 20.8 Å². The van der Waals surface area contributed by atoms with Gasteiger partial charge in [0.25, 0.3) is 0 Å². The highest BCUT2D eigenvalue weighted by atomic mass is 16.7. The average molecular weight is 188 g/mol. The number of hydrogen-bond donors (Lipinski definition) is 0. The smallest absolute Gasteiger partial charge is 0.189 e. The first kappa shape index (κ1) is 12.6. The third-order valence-corrected chi connectivity index (χ3v) is 1.30.